The van der Waals surface area contributed by atoms with E-state index < -0.39 is 0 Å². The van der Waals surface area contributed by atoms with E-state index in [2.05, 4.69) is 20.8 Å². The Hall–Kier alpha value is -4.07. The van der Waals surface area contributed by atoms with E-state index in [-0.39, 0.29) is 11.7 Å². The van der Waals surface area contributed by atoms with E-state index in [1.807, 2.05) is 18.2 Å². The number of benzene rings is 3. The number of nitrogens with zero attached hydrogens (tertiary/aromatic N) is 4. The summed E-state index contributed by atoms with van der Waals surface area (Å²) in [5.41, 5.74) is 1.97. The van der Waals surface area contributed by atoms with Gasteiger partial charge in [-0.05, 0) is 64.5 Å². The zero-order valence-corrected chi connectivity index (χ0v) is 15.2. The molecule has 0 atom stereocenters. The van der Waals surface area contributed by atoms with Crippen LogP contribution in [0.4, 0.5) is 4.39 Å². The second-order valence-electron chi connectivity index (χ2n) is 6.15. The maximum atomic E-state index is 13.0. The number of carbonyl (C=O) groups is 1. The van der Waals surface area contributed by atoms with E-state index in [9.17, 15) is 9.18 Å². The van der Waals surface area contributed by atoms with E-state index in [4.69, 9.17) is 4.74 Å². The molecule has 144 valence electrons. The summed E-state index contributed by atoms with van der Waals surface area (Å²) in [5.74, 6) is 0.621. The van der Waals surface area contributed by atoms with Gasteiger partial charge in [-0.1, -0.05) is 24.3 Å². The van der Waals surface area contributed by atoms with Crippen LogP contribution in [-0.4, -0.2) is 26.1 Å². The van der Waals surface area contributed by atoms with Crippen LogP contribution < -0.4 is 10.1 Å². The van der Waals surface area contributed by atoms with Crippen LogP contribution in [0.5, 0.6) is 11.5 Å². The van der Waals surface area contributed by atoms with Gasteiger partial charge in [-0.25, -0.2) is 4.39 Å². The fourth-order valence-electron chi connectivity index (χ4n) is 2.73. The quantitative estimate of drug-likeness (QED) is 0.546. The van der Waals surface area contributed by atoms with Gasteiger partial charge in [0.25, 0.3) is 5.91 Å². The van der Waals surface area contributed by atoms with Crippen molar-refractivity contribution in [1.82, 2.24) is 25.5 Å². The van der Waals surface area contributed by atoms with Gasteiger partial charge in [-0.3, -0.25) is 4.79 Å². The molecule has 0 fully saturated rings. The summed E-state index contributed by atoms with van der Waals surface area (Å²) in [7, 11) is 0. The summed E-state index contributed by atoms with van der Waals surface area (Å²) in [6.07, 6.45) is 1.44. The standard InChI is InChI=1S/C21H16FN5O2/c22-16-7-11-18(12-8-16)29-17-9-5-15(6-10-17)13-23-21(28)19-3-1-2-4-20(19)27-14-24-25-26-27/h1-12,14H,13H2,(H,23,28). The van der Waals surface area contributed by atoms with Crippen molar-refractivity contribution in [3.63, 3.8) is 0 Å². The Bertz CT molecular complexity index is 1100. The van der Waals surface area contributed by atoms with Gasteiger partial charge < -0.3 is 10.1 Å². The Morgan fingerprint density at radius 1 is 0.966 bits per heavy atom. The van der Waals surface area contributed by atoms with Crippen molar-refractivity contribution in [3.05, 3.63) is 96.1 Å². The van der Waals surface area contributed by atoms with Gasteiger partial charge in [-0.2, -0.15) is 4.68 Å². The molecule has 0 radical (unpaired) electrons. The third kappa shape index (κ3) is 4.44. The Labute approximate surface area is 165 Å². The number of ether oxygens (including phenoxy) is 1. The number of carbonyl (C=O) groups excluding carboxylic acids is 1. The molecule has 1 N–H and O–H groups in total. The number of tetrazole rings is 1. The topological polar surface area (TPSA) is 81.9 Å². The lowest BCUT2D eigenvalue weighted by atomic mass is 10.1. The second-order valence-corrected chi connectivity index (χ2v) is 6.15. The number of hydrogen-bond acceptors (Lipinski definition) is 5. The molecule has 0 saturated carbocycles. The molecule has 0 saturated heterocycles. The molecular formula is C21H16FN5O2. The van der Waals surface area contributed by atoms with E-state index in [1.165, 1.54) is 23.1 Å². The number of amides is 1. The monoisotopic (exact) mass is 389 g/mol. The molecule has 8 heteroatoms. The molecule has 4 aromatic rings. The lowest BCUT2D eigenvalue weighted by Gasteiger charge is -2.10. The molecular weight excluding hydrogens is 373 g/mol. The van der Waals surface area contributed by atoms with Gasteiger partial charge in [0, 0.05) is 6.54 Å². The summed E-state index contributed by atoms with van der Waals surface area (Å²) in [5, 5.41) is 13.9. The first-order valence-corrected chi connectivity index (χ1v) is 8.82. The average Bonchev–Trinajstić information content (AvgIpc) is 3.29. The molecule has 0 aliphatic rings. The van der Waals surface area contributed by atoms with E-state index >= 15 is 0 Å². The van der Waals surface area contributed by atoms with Crippen molar-refractivity contribution >= 4 is 5.91 Å². The third-order valence-electron chi connectivity index (χ3n) is 4.17. The third-order valence-corrected chi connectivity index (χ3v) is 4.17. The van der Waals surface area contributed by atoms with Gasteiger partial charge >= 0.3 is 0 Å². The van der Waals surface area contributed by atoms with Crippen LogP contribution in [0.25, 0.3) is 5.69 Å². The van der Waals surface area contributed by atoms with Crippen molar-refractivity contribution in [2.75, 3.05) is 0 Å². The lowest BCUT2D eigenvalue weighted by molar-refractivity contribution is 0.0950. The van der Waals surface area contributed by atoms with Crippen molar-refractivity contribution in [1.29, 1.82) is 0 Å². The summed E-state index contributed by atoms with van der Waals surface area (Å²) < 4.78 is 20.1. The predicted molar refractivity (Wildman–Crippen MR) is 103 cm³/mol. The highest BCUT2D eigenvalue weighted by Crippen LogP contribution is 2.22. The molecule has 3 aromatic carbocycles. The first-order chi connectivity index (χ1) is 14.2. The Morgan fingerprint density at radius 2 is 1.66 bits per heavy atom. The Morgan fingerprint density at radius 3 is 2.34 bits per heavy atom. The van der Waals surface area contributed by atoms with Crippen LogP contribution in [0.3, 0.4) is 0 Å². The summed E-state index contributed by atoms with van der Waals surface area (Å²) >= 11 is 0. The highest BCUT2D eigenvalue weighted by Gasteiger charge is 2.13. The minimum absolute atomic E-state index is 0.234. The normalized spacial score (nSPS) is 10.5. The number of para-hydroxylation sites is 1. The average molecular weight is 389 g/mol. The first kappa shape index (κ1) is 18.3. The molecule has 7 nitrogen and oxygen atoms in total. The molecule has 0 aliphatic heterocycles. The highest BCUT2D eigenvalue weighted by molar-refractivity contribution is 5.97. The van der Waals surface area contributed by atoms with E-state index in [1.54, 1.807) is 42.5 Å². The zero-order chi connectivity index (χ0) is 20.1. The Balaban J connectivity index is 1.39. The van der Waals surface area contributed by atoms with Gasteiger partial charge in [0.2, 0.25) is 0 Å². The minimum atomic E-state index is -0.315. The highest BCUT2D eigenvalue weighted by atomic mass is 19.1. The second kappa shape index (κ2) is 8.30. The van der Waals surface area contributed by atoms with Crippen LogP contribution in [0, 0.1) is 5.82 Å². The molecule has 0 unspecified atom stereocenters. The largest absolute Gasteiger partial charge is 0.457 e. The van der Waals surface area contributed by atoms with Crippen LogP contribution in [0.1, 0.15) is 15.9 Å². The van der Waals surface area contributed by atoms with E-state index in [0.29, 0.717) is 29.3 Å². The minimum Gasteiger partial charge on any atom is -0.457 e. The molecule has 0 aliphatic carbocycles. The van der Waals surface area contributed by atoms with Gasteiger partial charge in [0.1, 0.15) is 23.6 Å². The van der Waals surface area contributed by atoms with Crippen molar-refractivity contribution in [2.45, 2.75) is 6.54 Å². The van der Waals surface area contributed by atoms with Gasteiger partial charge in [0.05, 0.1) is 11.3 Å². The number of aromatic nitrogens is 4. The number of halogens is 1. The van der Waals surface area contributed by atoms with Crippen LogP contribution >= 0.6 is 0 Å². The molecule has 29 heavy (non-hydrogen) atoms. The molecule has 1 amide bonds. The van der Waals surface area contributed by atoms with Gasteiger partial charge in [0.15, 0.2) is 0 Å². The Kier molecular flexibility index (Phi) is 5.24. The lowest BCUT2D eigenvalue weighted by Crippen LogP contribution is -2.24. The maximum absolute atomic E-state index is 13.0. The molecule has 0 bridgehead atoms. The van der Waals surface area contributed by atoms with Crippen molar-refractivity contribution < 1.29 is 13.9 Å². The smallest absolute Gasteiger partial charge is 0.253 e. The fourth-order valence-corrected chi connectivity index (χ4v) is 2.73. The fraction of sp³-hybridized carbons (Fsp3) is 0.0476. The maximum Gasteiger partial charge on any atom is 0.253 e. The number of nitrogens with one attached hydrogen (secondary N) is 1. The van der Waals surface area contributed by atoms with Gasteiger partial charge in [-0.15, -0.1) is 5.10 Å². The molecule has 1 heterocycles. The zero-order valence-electron chi connectivity index (χ0n) is 15.2. The van der Waals surface area contributed by atoms with Crippen molar-refractivity contribution in [2.24, 2.45) is 0 Å². The van der Waals surface area contributed by atoms with E-state index in [0.717, 1.165) is 5.56 Å². The summed E-state index contributed by atoms with van der Waals surface area (Å²) in [6, 6.07) is 20.2. The van der Waals surface area contributed by atoms with Crippen LogP contribution in [0.2, 0.25) is 0 Å². The molecule has 0 spiro atoms. The first-order valence-electron chi connectivity index (χ1n) is 8.82. The number of rotatable bonds is 6. The van der Waals surface area contributed by atoms with Crippen LogP contribution in [0.15, 0.2) is 79.1 Å². The van der Waals surface area contributed by atoms with Crippen LogP contribution in [-0.2, 0) is 6.54 Å². The predicted octanol–water partition coefficient (Wildman–Crippen LogP) is 3.52. The molecule has 4 rings (SSSR count). The summed E-state index contributed by atoms with van der Waals surface area (Å²) in [4.78, 5) is 12.6. The SMILES string of the molecule is O=C(NCc1ccc(Oc2ccc(F)cc2)cc1)c1ccccc1-n1cnnn1. The number of hydrogen-bond donors (Lipinski definition) is 1. The molecule has 1 aromatic heterocycles. The van der Waals surface area contributed by atoms with Crippen molar-refractivity contribution in [3.8, 4) is 17.2 Å². The summed E-state index contributed by atoms with van der Waals surface area (Å²) in [6.45, 7) is 0.347.